The van der Waals surface area contributed by atoms with Crippen LogP contribution in [0.3, 0.4) is 0 Å². The van der Waals surface area contributed by atoms with Gasteiger partial charge in [-0.15, -0.1) is 11.6 Å². The predicted molar refractivity (Wildman–Crippen MR) is 64.4 cm³/mol. The molecule has 0 fully saturated rings. The fourth-order valence-electron chi connectivity index (χ4n) is 1.38. The Morgan fingerprint density at radius 1 is 1.38 bits per heavy atom. The van der Waals surface area contributed by atoms with Crippen molar-refractivity contribution in [3.8, 4) is 11.5 Å². The molecule has 0 amide bonds. The van der Waals surface area contributed by atoms with Crippen LogP contribution in [-0.4, -0.2) is 31.6 Å². The molecule has 1 aromatic heterocycles. The smallest absolute Gasteiger partial charge is 0.183 e. The molecule has 0 aromatic carbocycles. The largest absolute Gasteiger partial charge is 0.493 e. The highest BCUT2D eigenvalue weighted by molar-refractivity contribution is 6.17. The zero-order valence-corrected chi connectivity index (χ0v) is 10.4. The SMILES string of the molecule is COc1ccnc(CNCCCCl)c1OC. The van der Waals surface area contributed by atoms with Gasteiger partial charge in [0.15, 0.2) is 11.5 Å². The van der Waals surface area contributed by atoms with E-state index in [1.54, 1.807) is 26.5 Å². The summed E-state index contributed by atoms with van der Waals surface area (Å²) in [5.41, 5.74) is 0.844. The minimum absolute atomic E-state index is 0.650. The van der Waals surface area contributed by atoms with Crippen LogP contribution in [0.2, 0.25) is 0 Å². The summed E-state index contributed by atoms with van der Waals surface area (Å²) in [6.45, 7) is 1.52. The van der Waals surface area contributed by atoms with Crippen molar-refractivity contribution in [1.82, 2.24) is 10.3 Å². The number of halogens is 1. The topological polar surface area (TPSA) is 43.4 Å². The monoisotopic (exact) mass is 244 g/mol. The third-order valence-corrected chi connectivity index (χ3v) is 2.41. The van der Waals surface area contributed by atoms with Crippen molar-refractivity contribution < 1.29 is 9.47 Å². The summed E-state index contributed by atoms with van der Waals surface area (Å²) in [6, 6.07) is 1.78. The summed E-state index contributed by atoms with van der Waals surface area (Å²) in [5, 5.41) is 3.25. The van der Waals surface area contributed by atoms with Crippen LogP contribution in [0.5, 0.6) is 11.5 Å². The van der Waals surface area contributed by atoms with Gasteiger partial charge in [-0.3, -0.25) is 4.98 Å². The maximum Gasteiger partial charge on any atom is 0.183 e. The molecular weight excluding hydrogens is 228 g/mol. The van der Waals surface area contributed by atoms with Crippen LogP contribution in [0.15, 0.2) is 12.3 Å². The molecular formula is C11H17ClN2O2. The van der Waals surface area contributed by atoms with Crippen molar-refractivity contribution >= 4 is 11.6 Å². The number of alkyl halides is 1. The molecule has 5 heteroatoms. The molecule has 0 radical (unpaired) electrons. The number of rotatable bonds is 7. The maximum atomic E-state index is 5.59. The van der Waals surface area contributed by atoms with Crippen LogP contribution < -0.4 is 14.8 Å². The van der Waals surface area contributed by atoms with E-state index in [4.69, 9.17) is 21.1 Å². The fraction of sp³-hybridized carbons (Fsp3) is 0.545. The number of nitrogens with one attached hydrogen (secondary N) is 1. The molecule has 90 valence electrons. The van der Waals surface area contributed by atoms with Crippen LogP contribution in [0.1, 0.15) is 12.1 Å². The Balaban J connectivity index is 2.63. The highest BCUT2D eigenvalue weighted by Crippen LogP contribution is 2.28. The van der Waals surface area contributed by atoms with Crippen molar-refractivity contribution in [2.45, 2.75) is 13.0 Å². The third-order valence-electron chi connectivity index (χ3n) is 2.15. The fourth-order valence-corrected chi connectivity index (χ4v) is 1.51. The second kappa shape index (κ2) is 7.30. The lowest BCUT2D eigenvalue weighted by Gasteiger charge is -2.11. The number of methoxy groups -OCH3 is 2. The van der Waals surface area contributed by atoms with E-state index in [0.29, 0.717) is 23.9 Å². The second-order valence-corrected chi connectivity index (χ2v) is 3.59. The normalized spacial score (nSPS) is 10.2. The molecule has 0 spiro atoms. The molecule has 0 saturated carbocycles. The van der Waals surface area contributed by atoms with Crippen LogP contribution >= 0.6 is 11.6 Å². The van der Waals surface area contributed by atoms with E-state index in [9.17, 15) is 0 Å². The number of hydrogen-bond donors (Lipinski definition) is 1. The highest BCUT2D eigenvalue weighted by atomic mass is 35.5. The van der Waals surface area contributed by atoms with E-state index in [-0.39, 0.29) is 0 Å². The zero-order valence-electron chi connectivity index (χ0n) is 9.62. The van der Waals surface area contributed by atoms with Gasteiger partial charge in [-0.1, -0.05) is 0 Å². The summed E-state index contributed by atoms with van der Waals surface area (Å²) in [4.78, 5) is 4.26. The van der Waals surface area contributed by atoms with E-state index in [0.717, 1.165) is 18.7 Å². The Labute approximate surface area is 101 Å². The van der Waals surface area contributed by atoms with E-state index in [1.807, 2.05) is 0 Å². The van der Waals surface area contributed by atoms with Crippen LogP contribution in [0.4, 0.5) is 0 Å². The van der Waals surface area contributed by atoms with Crippen molar-refractivity contribution in [3.05, 3.63) is 18.0 Å². The first-order valence-electron chi connectivity index (χ1n) is 5.16. The molecule has 0 saturated heterocycles. The molecule has 1 heterocycles. The Morgan fingerprint density at radius 2 is 2.19 bits per heavy atom. The zero-order chi connectivity index (χ0) is 11.8. The lowest BCUT2D eigenvalue weighted by atomic mass is 10.3. The van der Waals surface area contributed by atoms with Crippen molar-refractivity contribution in [3.63, 3.8) is 0 Å². The predicted octanol–water partition coefficient (Wildman–Crippen LogP) is 1.82. The highest BCUT2D eigenvalue weighted by Gasteiger charge is 2.09. The van der Waals surface area contributed by atoms with Crippen LogP contribution in [0, 0.1) is 0 Å². The van der Waals surface area contributed by atoms with Crippen LogP contribution in [-0.2, 0) is 6.54 Å². The Morgan fingerprint density at radius 3 is 2.81 bits per heavy atom. The molecule has 0 aliphatic carbocycles. The molecule has 4 nitrogen and oxygen atoms in total. The molecule has 1 rings (SSSR count). The van der Waals surface area contributed by atoms with E-state index < -0.39 is 0 Å². The minimum atomic E-state index is 0.650. The average molecular weight is 245 g/mol. The molecule has 1 N–H and O–H groups in total. The molecule has 1 aromatic rings. The second-order valence-electron chi connectivity index (χ2n) is 3.21. The van der Waals surface area contributed by atoms with Gasteiger partial charge in [0.05, 0.1) is 19.9 Å². The summed E-state index contributed by atoms with van der Waals surface area (Å²) < 4.78 is 10.5. The third kappa shape index (κ3) is 3.54. The summed E-state index contributed by atoms with van der Waals surface area (Å²) in [6.07, 6.45) is 2.65. The van der Waals surface area contributed by atoms with Gasteiger partial charge in [0.2, 0.25) is 0 Å². The lowest BCUT2D eigenvalue weighted by molar-refractivity contribution is 0.348. The van der Waals surface area contributed by atoms with Gasteiger partial charge in [-0.25, -0.2) is 0 Å². The molecule has 0 atom stereocenters. The van der Waals surface area contributed by atoms with Gasteiger partial charge in [0.1, 0.15) is 0 Å². The molecule has 16 heavy (non-hydrogen) atoms. The van der Waals surface area contributed by atoms with Crippen LogP contribution in [0.25, 0.3) is 0 Å². The number of nitrogens with zero attached hydrogens (tertiary/aromatic N) is 1. The average Bonchev–Trinajstić information content (AvgIpc) is 2.34. The number of hydrogen-bond acceptors (Lipinski definition) is 4. The van der Waals surface area contributed by atoms with E-state index >= 15 is 0 Å². The van der Waals surface area contributed by atoms with Gasteiger partial charge in [0, 0.05) is 24.7 Å². The first-order valence-corrected chi connectivity index (χ1v) is 5.69. The number of pyridine rings is 1. The van der Waals surface area contributed by atoms with Gasteiger partial charge in [0.25, 0.3) is 0 Å². The van der Waals surface area contributed by atoms with E-state index in [1.165, 1.54) is 0 Å². The molecule has 0 aliphatic rings. The molecule has 0 unspecified atom stereocenters. The Bertz CT molecular complexity index is 321. The Kier molecular flexibility index (Phi) is 5.96. The Hall–Kier alpha value is -1.00. The van der Waals surface area contributed by atoms with Gasteiger partial charge in [-0.05, 0) is 13.0 Å². The van der Waals surface area contributed by atoms with Gasteiger partial charge < -0.3 is 14.8 Å². The first kappa shape index (κ1) is 13.1. The van der Waals surface area contributed by atoms with Crippen molar-refractivity contribution in [1.29, 1.82) is 0 Å². The van der Waals surface area contributed by atoms with E-state index in [2.05, 4.69) is 10.3 Å². The summed E-state index contributed by atoms with van der Waals surface area (Å²) >= 11 is 5.59. The standard InChI is InChI=1S/C11H17ClN2O2/c1-15-10-4-7-14-9(11(10)16-2)8-13-6-3-5-12/h4,7,13H,3,5-6,8H2,1-2H3. The molecule has 0 aliphatic heterocycles. The maximum absolute atomic E-state index is 5.59. The summed E-state index contributed by atoms with van der Waals surface area (Å²) in [7, 11) is 3.23. The van der Waals surface area contributed by atoms with Gasteiger partial charge in [-0.2, -0.15) is 0 Å². The first-order chi connectivity index (χ1) is 7.83. The van der Waals surface area contributed by atoms with Gasteiger partial charge >= 0.3 is 0 Å². The molecule has 0 bridgehead atoms. The summed E-state index contributed by atoms with van der Waals surface area (Å²) in [5.74, 6) is 2.05. The number of aromatic nitrogens is 1. The minimum Gasteiger partial charge on any atom is -0.493 e. The van der Waals surface area contributed by atoms with Crippen molar-refractivity contribution in [2.75, 3.05) is 26.6 Å². The van der Waals surface area contributed by atoms with Crippen molar-refractivity contribution in [2.24, 2.45) is 0 Å². The number of ether oxygens (including phenoxy) is 2. The lowest BCUT2D eigenvalue weighted by Crippen LogP contribution is -2.16. The quantitative estimate of drug-likeness (QED) is 0.587.